The van der Waals surface area contributed by atoms with Crippen molar-refractivity contribution in [3.05, 3.63) is 90.2 Å². The third-order valence-electron chi connectivity index (χ3n) is 5.27. The molecule has 0 aliphatic rings. The molecule has 0 atom stereocenters. The number of hydrogen-bond acceptors (Lipinski definition) is 4. The molecule has 0 fully saturated rings. The number of aromatic nitrogens is 3. The van der Waals surface area contributed by atoms with Gasteiger partial charge in [-0.05, 0) is 34.5 Å². The Bertz CT molecular complexity index is 1560. The van der Waals surface area contributed by atoms with Crippen molar-refractivity contribution in [1.29, 1.82) is 0 Å². The maximum atomic E-state index is 6.30. The smallest absolute Gasteiger partial charge is 0.208 e. The summed E-state index contributed by atoms with van der Waals surface area (Å²) >= 11 is 8.06. The standard InChI is InChI=1S/C25H14ClN3S/c26-25-28-23(16-8-2-1-3-9-16)27-24(29-25)19-12-6-11-18-21-17-10-5-4-7-15(17)13-14-20(21)30-22(18)19/h1-14H. The van der Waals surface area contributed by atoms with Gasteiger partial charge in [0.25, 0.3) is 0 Å². The Morgan fingerprint density at radius 3 is 2.30 bits per heavy atom. The zero-order valence-electron chi connectivity index (χ0n) is 15.7. The third kappa shape index (κ3) is 2.76. The lowest BCUT2D eigenvalue weighted by Gasteiger charge is -2.06. The first kappa shape index (κ1) is 17.5. The number of hydrogen-bond donors (Lipinski definition) is 0. The summed E-state index contributed by atoms with van der Waals surface area (Å²) in [6, 6.07) is 29.0. The Labute approximate surface area is 181 Å². The molecule has 0 amide bonds. The van der Waals surface area contributed by atoms with Crippen LogP contribution in [-0.2, 0) is 0 Å². The minimum absolute atomic E-state index is 0.197. The van der Waals surface area contributed by atoms with Crippen molar-refractivity contribution in [3.63, 3.8) is 0 Å². The molecule has 0 saturated heterocycles. The minimum Gasteiger partial charge on any atom is -0.208 e. The Morgan fingerprint density at radius 2 is 1.40 bits per heavy atom. The molecule has 5 heteroatoms. The summed E-state index contributed by atoms with van der Waals surface area (Å²) in [5.41, 5.74) is 1.89. The van der Waals surface area contributed by atoms with Crippen LogP contribution in [0.5, 0.6) is 0 Å². The molecule has 0 spiro atoms. The summed E-state index contributed by atoms with van der Waals surface area (Å²) in [7, 11) is 0. The lowest BCUT2D eigenvalue weighted by molar-refractivity contribution is 1.07. The van der Waals surface area contributed by atoms with Crippen LogP contribution in [0.3, 0.4) is 0 Å². The maximum Gasteiger partial charge on any atom is 0.226 e. The van der Waals surface area contributed by atoms with Gasteiger partial charge in [-0.3, -0.25) is 0 Å². The molecule has 0 aliphatic carbocycles. The molecule has 0 unspecified atom stereocenters. The van der Waals surface area contributed by atoms with E-state index >= 15 is 0 Å². The van der Waals surface area contributed by atoms with Gasteiger partial charge in [0, 0.05) is 31.3 Å². The fourth-order valence-electron chi connectivity index (χ4n) is 3.93. The first-order chi connectivity index (χ1) is 14.8. The molecule has 0 bridgehead atoms. The summed E-state index contributed by atoms with van der Waals surface area (Å²) in [5.74, 6) is 1.17. The van der Waals surface area contributed by atoms with Crippen LogP contribution in [0.1, 0.15) is 0 Å². The van der Waals surface area contributed by atoms with Crippen LogP contribution in [0.25, 0.3) is 53.7 Å². The average Bonchev–Trinajstić information content (AvgIpc) is 3.18. The van der Waals surface area contributed by atoms with E-state index in [1.165, 1.54) is 26.2 Å². The summed E-state index contributed by atoms with van der Waals surface area (Å²) in [5, 5.41) is 5.18. The molecule has 3 nitrogen and oxygen atoms in total. The van der Waals surface area contributed by atoms with Gasteiger partial charge in [0.1, 0.15) is 0 Å². The first-order valence-corrected chi connectivity index (χ1v) is 10.8. The second-order valence-electron chi connectivity index (χ2n) is 7.06. The highest BCUT2D eigenvalue weighted by Gasteiger charge is 2.16. The molecule has 30 heavy (non-hydrogen) atoms. The third-order valence-corrected chi connectivity index (χ3v) is 6.64. The second kappa shape index (κ2) is 6.87. The van der Waals surface area contributed by atoms with Gasteiger partial charge >= 0.3 is 0 Å². The fraction of sp³-hybridized carbons (Fsp3) is 0. The number of nitrogens with zero attached hydrogens (tertiary/aromatic N) is 3. The van der Waals surface area contributed by atoms with E-state index in [-0.39, 0.29) is 5.28 Å². The lowest BCUT2D eigenvalue weighted by atomic mass is 10.0. The molecule has 2 aromatic heterocycles. The normalized spacial score (nSPS) is 11.5. The number of thiophene rings is 1. The Balaban J connectivity index is 1.64. The zero-order chi connectivity index (χ0) is 20.1. The van der Waals surface area contributed by atoms with E-state index in [2.05, 4.69) is 64.6 Å². The van der Waals surface area contributed by atoms with E-state index in [9.17, 15) is 0 Å². The molecule has 142 valence electrons. The van der Waals surface area contributed by atoms with Crippen LogP contribution in [0.4, 0.5) is 0 Å². The second-order valence-corrected chi connectivity index (χ2v) is 8.45. The number of rotatable bonds is 2. The van der Waals surface area contributed by atoms with Crippen LogP contribution < -0.4 is 0 Å². The topological polar surface area (TPSA) is 38.7 Å². The quantitative estimate of drug-likeness (QED) is 0.291. The summed E-state index contributed by atoms with van der Waals surface area (Å²) in [6.07, 6.45) is 0. The van der Waals surface area contributed by atoms with E-state index in [4.69, 9.17) is 16.6 Å². The van der Waals surface area contributed by atoms with E-state index < -0.39 is 0 Å². The van der Waals surface area contributed by atoms with Crippen LogP contribution in [-0.4, -0.2) is 15.0 Å². The lowest BCUT2D eigenvalue weighted by Crippen LogP contribution is -1.97. The van der Waals surface area contributed by atoms with Gasteiger partial charge in [-0.1, -0.05) is 72.8 Å². The van der Waals surface area contributed by atoms with Crippen molar-refractivity contribution in [3.8, 4) is 22.8 Å². The van der Waals surface area contributed by atoms with Crippen LogP contribution >= 0.6 is 22.9 Å². The molecule has 0 radical (unpaired) electrons. The van der Waals surface area contributed by atoms with Gasteiger partial charge in [-0.15, -0.1) is 11.3 Å². The summed E-state index contributed by atoms with van der Waals surface area (Å²) < 4.78 is 2.41. The van der Waals surface area contributed by atoms with Crippen molar-refractivity contribution < 1.29 is 0 Å². The molecule has 2 heterocycles. The highest BCUT2D eigenvalue weighted by Crippen LogP contribution is 2.42. The van der Waals surface area contributed by atoms with E-state index in [0.29, 0.717) is 11.6 Å². The predicted molar refractivity (Wildman–Crippen MR) is 126 cm³/mol. The molecule has 0 N–H and O–H groups in total. The van der Waals surface area contributed by atoms with Crippen molar-refractivity contribution >= 4 is 53.9 Å². The van der Waals surface area contributed by atoms with Crippen LogP contribution in [0, 0.1) is 0 Å². The van der Waals surface area contributed by atoms with Gasteiger partial charge in [-0.25, -0.2) is 4.98 Å². The largest absolute Gasteiger partial charge is 0.226 e. The van der Waals surface area contributed by atoms with Crippen molar-refractivity contribution in [2.75, 3.05) is 0 Å². The van der Waals surface area contributed by atoms with Crippen molar-refractivity contribution in [2.24, 2.45) is 0 Å². The molecule has 6 rings (SSSR count). The Kier molecular flexibility index (Phi) is 4.01. The Morgan fingerprint density at radius 1 is 0.633 bits per heavy atom. The highest BCUT2D eigenvalue weighted by atomic mass is 35.5. The maximum absolute atomic E-state index is 6.30. The van der Waals surface area contributed by atoms with Gasteiger partial charge in [0.05, 0.1) is 0 Å². The highest BCUT2D eigenvalue weighted by molar-refractivity contribution is 7.26. The first-order valence-electron chi connectivity index (χ1n) is 9.58. The van der Waals surface area contributed by atoms with E-state index in [0.717, 1.165) is 15.8 Å². The average molecular weight is 424 g/mol. The van der Waals surface area contributed by atoms with Gasteiger partial charge in [0.15, 0.2) is 11.6 Å². The minimum atomic E-state index is 0.197. The summed E-state index contributed by atoms with van der Waals surface area (Å²) in [4.78, 5) is 13.6. The molecular weight excluding hydrogens is 410 g/mol. The van der Waals surface area contributed by atoms with E-state index in [1.54, 1.807) is 11.3 Å². The molecule has 4 aromatic carbocycles. The molecular formula is C25H14ClN3S. The van der Waals surface area contributed by atoms with Crippen molar-refractivity contribution in [1.82, 2.24) is 15.0 Å². The Hall–Kier alpha value is -3.34. The van der Waals surface area contributed by atoms with Gasteiger partial charge < -0.3 is 0 Å². The van der Waals surface area contributed by atoms with E-state index in [1.807, 2.05) is 30.3 Å². The predicted octanol–water partition coefficient (Wildman–Crippen LogP) is 7.38. The SMILES string of the molecule is Clc1nc(-c2ccccc2)nc(-c2cccc3c2sc2ccc4ccccc4c23)n1. The number of halogens is 1. The molecule has 0 aliphatic heterocycles. The monoisotopic (exact) mass is 423 g/mol. The van der Waals surface area contributed by atoms with Gasteiger partial charge in [0.2, 0.25) is 5.28 Å². The number of fused-ring (bicyclic) bond motifs is 5. The zero-order valence-corrected chi connectivity index (χ0v) is 17.3. The molecule has 6 aromatic rings. The molecule has 0 saturated carbocycles. The van der Waals surface area contributed by atoms with Crippen LogP contribution in [0.15, 0.2) is 84.9 Å². The van der Waals surface area contributed by atoms with Crippen molar-refractivity contribution in [2.45, 2.75) is 0 Å². The number of benzene rings is 4. The fourth-order valence-corrected chi connectivity index (χ4v) is 5.32. The van der Waals surface area contributed by atoms with Gasteiger partial charge in [-0.2, -0.15) is 9.97 Å². The summed E-state index contributed by atoms with van der Waals surface area (Å²) in [6.45, 7) is 0. The van der Waals surface area contributed by atoms with Crippen LogP contribution in [0.2, 0.25) is 5.28 Å².